The Balaban J connectivity index is 1.39. The third-order valence-corrected chi connectivity index (χ3v) is 7.20. The fraction of sp³-hybridized carbons (Fsp3) is 0.462. The second kappa shape index (κ2) is 7.42. The number of hydrogen-bond acceptors (Lipinski definition) is 4. The molecule has 4 nitrogen and oxygen atoms in total. The van der Waals surface area contributed by atoms with Crippen LogP contribution in [0, 0.1) is 0 Å². The van der Waals surface area contributed by atoms with E-state index in [0.29, 0.717) is 19.3 Å². The van der Waals surface area contributed by atoms with Crippen LogP contribution >= 0.6 is 0 Å². The van der Waals surface area contributed by atoms with Gasteiger partial charge < -0.3 is 9.31 Å². The highest BCUT2D eigenvalue weighted by Crippen LogP contribution is 2.37. The number of carbonyl (C=O) groups is 2. The lowest BCUT2D eigenvalue weighted by molar-refractivity contribution is -0.121. The predicted octanol–water partition coefficient (Wildman–Crippen LogP) is 3.74. The molecule has 1 saturated heterocycles. The van der Waals surface area contributed by atoms with Crippen LogP contribution in [-0.4, -0.2) is 29.9 Å². The van der Waals surface area contributed by atoms with Crippen LogP contribution in [0.2, 0.25) is 0 Å². The molecule has 5 heteroatoms. The van der Waals surface area contributed by atoms with E-state index in [0.717, 1.165) is 27.7 Å². The van der Waals surface area contributed by atoms with E-state index in [9.17, 15) is 9.59 Å². The van der Waals surface area contributed by atoms with Crippen molar-refractivity contribution in [2.75, 3.05) is 0 Å². The number of fused-ring (bicyclic) bond motifs is 1. The average Bonchev–Trinajstić information content (AvgIpc) is 3.02. The fourth-order valence-electron chi connectivity index (χ4n) is 4.35. The van der Waals surface area contributed by atoms with Gasteiger partial charge in [0, 0.05) is 24.7 Å². The molecule has 1 fully saturated rings. The lowest BCUT2D eigenvalue weighted by atomic mass is 9.78. The van der Waals surface area contributed by atoms with Crippen LogP contribution in [0.4, 0.5) is 0 Å². The van der Waals surface area contributed by atoms with Crippen LogP contribution in [0.1, 0.15) is 63.8 Å². The molecule has 0 radical (unpaired) electrons. The molecule has 0 aromatic heterocycles. The molecule has 0 bridgehead atoms. The van der Waals surface area contributed by atoms with E-state index in [2.05, 4.69) is 0 Å². The van der Waals surface area contributed by atoms with Gasteiger partial charge in [-0.25, -0.2) is 0 Å². The molecule has 0 amide bonds. The third kappa shape index (κ3) is 4.01. The first-order chi connectivity index (χ1) is 14.4. The maximum atomic E-state index is 12.7. The minimum absolute atomic E-state index is 0.159. The van der Waals surface area contributed by atoms with Crippen LogP contribution in [0.25, 0.3) is 0 Å². The third-order valence-electron chi connectivity index (χ3n) is 7.20. The fourth-order valence-corrected chi connectivity index (χ4v) is 4.35. The van der Waals surface area contributed by atoms with Gasteiger partial charge in [0.15, 0.2) is 0 Å². The van der Waals surface area contributed by atoms with E-state index in [1.807, 2.05) is 84.0 Å². The van der Waals surface area contributed by atoms with Crippen molar-refractivity contribution < 1.29 is 18.9 Å². The lowest BCUT2D eigenvalue weighted by Crippen LogP contribution is -2.41. The molecule has 4 rings (SSSR count). The summed E-state index contributed by atoms with van der Waals surface area (Å²) in [7, 11) is -0.395. The molecule has 1 heterocycles. The average molecular weight is 418 g/mol. The van der Waals surface area contributed by atoms with Gasteiger partial charge in [-0.05, 0) is 69.3 Å². The Hall–Kier alpha value is -2.24. The van der Waals surface area contributed by atoms with Crippen molar-refractivity contribution in [2.45, 2.75) is 77.4 Å². The minimum Gasteiger partial charge on any atom is -0.399 e. The maximum absolute atomic E-state index is 12.7. The van der Waals surface area contributed by atoms with Crippen LogP contribution in [0.5, 0.6) is 0 Å². The smallest absolute Gasteiger partial charge is 0.399 e. The molecular weight excluding hydrogens is 387 g/mol. The predicted molar refractivity (Wildman–Crippen MR) is 123 cm³/mol. The number of hydrogen-bond donors (Lipinski definition) is 0. The Bertz CT molecular complexity index is 1020. The summed E-state index contributed by atoms with van der Waals surface area (Å²) >= 11 is 0. The molecule has 1 aliphatic carbocycles. The second-order valence-corrected chi connectivity index (χ2v) is 10.4. The monoisotopic (exact) mass is 418 g/mol. The molecule has 0 atom stereocenters. The summed E-state index contributed by atoms with van der Waals surface area (Å²) in [6.07, 6.45) is 1.22. The highest BCUT2D eigenvalue weighted by molar-refractivity contribution is 6.62. The van der Waals surface area contributed by atoms with Crippen molar-refractivity contribution in [1.29, 1.82) is 0 Å². The van der Waals surface area contributed by atoms with E-state index < -0.39 is 12.5 Å². The zero-order valence-electron chi connectivity index (χ0n) is 19.4. The first-order valence-corrected chi connectivity index (χ1v) is 11.0. The van der Waals surface area contributed by atoms with Gasteiger partial charge in [-0.1, -0.05) is 42.5 Å². The minimum atomic E-state index is -0.420. The largest absolute Gasteiger partial charge is 0.494 e. The van der Waals surface area contributed by atoms with Crippen molar-refractivity contribution in [3.8, 4) is 0 Å². The Labute approximate surface area is 185 Å². The molecule has 1 aliphatic heterocycles. The van der Waals surface area contributed by atoms with E-state index >= 15 is 0 Å². The molecular formula is C26H31BO4. The van der Waals surface area contributed by atoms with Gasteiger partial charge in [-0.3, -0.25) is 9.59 Å². The topological polar surface area (TPSA) is 52.6 Å². The molecule has 0 N–H and O–H groups in total. The van der Waals surface area contributed by atoms with Gasteiger partial charge in [0.05, 0.1) is 11.2 Å². The summed E-state index contributed by atoms with van der Waals surface area (Å²) < 4.78 is 12.2. The first kappa shape index (κ1) is 22.0. The molecule has 31 heavy (non-hydrogen) atoms. The van der Waals surface area contributed by atoms with Crippen LogP contribution in [-0.2, 0) is 43.6 Å². The van der Waals surface area contributed by atoms with Crippen molar-refractivity contribution >= 4 is 24.1 Å². The van der Waals surface area contributed by atoms with E-state index in [1.54, 1.807) is 0 Å². The molecule has 0 unspecified atom stereocenters. The van der Waals surface area contributed by atoms with Crippen molar-refractivity contribution in [2.24, 2.45) is 0 Å². The zero-order chi connectivity index (χ0) is 22.6. The number of Topliss-reactive ketones (excluding diaryl/α,β-unsaturated/α-hetero) is 2. The van der Waals surface area contributed by atoms with Gasteiger partial charge >= 0.3 is 7.12 Å². The molecule has 2 aliphatic rings. The molecule has 2 aromatic carbocycles. The lowest BCUT2D eigenvalue weighted by Gasteiger charge is -2.32. The number of rotatable bonds is 5. The highest BCUT2D eigenvalue weighted by atomic mass is 16.7. The summed E-state index contributed by atoms with van der Waals surface area (Å²) in [5, 5.41) is 0. The van der Waals surface area contributed by atoms with Crippen molar-refractivity contribution in [3.63, 3.8) is 0 Å². The van der Waals surface area contributed by atoms with Gasteiger partial charge in [0.1, 0.15) is 11.6 Å². The van der Waals surface area contributed by atoms with Crippen molar-refractivity contribution in [1.82, 2.24) is 0 Å². The summed E-state index contributed by atoms with van der Waals surface area (Å²) in [5.74, 6) is 0.403. The zero-order valence-corrected chi connectivity index (χ0v) is 19.4. The van der Waals surface area contributed by atoms with Gasteiger partial charge in [0.25, 0.3) is 0 Å². The van der Waals surface area contributed by atoms with E-state index in [1.165, 1.54) is 0 Å². The van der Waals surface area contributed by atoms with Crippen LogP contribution < -0.4 is 5.46 Å². The first-order valence-electron chi connectivity index (χ1n) is 11.0. The van der Waals surface area contributed by atoms with Crippen LogP contribution in [0.15, 0.2) is 42.5 Å². The van der Waals surface area contributed by atoms with Gasteiger partial charge in [0.2, 0.25) is 0 Å². The quantitative estimate of drug-likeness (QED) is 0.695. The van der Waals surface area contributed by atoms with E-state index in [4.69, 9.17) is 9.31 Å². The summed E-state index contributed by atoms with van der Waals surface area (Å²) in [4.78, 5) is 24.9. The van der Waals surface area contributed by atoms with Gasteiger partial charge in [-0.15, -0.1) is 0 Å². The standard InChI is InChI=1S/C26H31BO4/c1-24(2)22-12-9-18(13-19(22)16-23(24)29)15-21(28)14-17-7-10-20(11-8-17)27-30-25(3,4)26(5,6)31-27/h7-13H,14-16H2,1-6H3. The SMILES string of the molecule is CC1(C)C(=O)Cc2cc(CC(=O)Cc3ccc(B4OC(C)(C)C(C)(C)O4)cc3)ccc21. The Kier molecular flexibility index (Phi) is 5.26. The summed E-state index contributed by atoms with van der Waals surface area (Å²) in [6, 6.07) is 13.9. The molecule has 162 valence electrons. The summed E-state index contributed by atoms with van der Waals surface area (Å²) in [6.45, 7) is 12.1. The highest BCUT2D eigenvalue weighted by Gasteiger charge is 2.51. The number of benzene rings is 2. The Morgan fingerprint density at radius 3 is 2.03 bits per heavy atom. The second-order valence-electron chi connectivity index (χ2n) is 10.4. The van der Waals surface area contributed by atoms with Gasteiger partial charge in [-0.2, -0.15) is 0 Å². The maximum Gasteiger partial charge on any atom is 0.494 e. The van der Waals surface area contributed by atoms with E-state index in [-0.39, 0.29) is 22.8 Å². The van der Waals surface area contributed by atoms with Crippen LogP contribution in [0.3, 0.4) is 0 Å². The Morgan fingerprint density at radius 2 is 1.42 bits per heavy atom. The Morgan fingerprint density at radius 1 is 0.871 bits per heavy atom. The number of carbonyl (C=O) groups excluding carboxylic acids is 2. The molecule has 2 aromatic rings. The molecule has 0 spiro atoms. The normalized spacial score (nSPS) is 20.7. The molecule has 0 saturated carbocycles. The number of ketones is 2. The summed E-state index contributed by atoms with van der Waals surface area (Å²) in [5.41, 5.74) is 3.89. The van der Waals surface area contributed by atoms with Crippen molar-refractivity contribution in [3.05, 3.63) is 64.7 Å².